The van der Waals surface area contributed by atoms with Gasteiger partial charge in [-0.15, -0.1) is 0 Å². The maximum Gasteiger partial charge on any atom is 0.306 e. The Balaban J connectivity index is 4.14. The van der Waals surface area contributed by atoms with Crippen LogP contribution in [0.3, 0.4) is 0 Å². The van der Waals surface area contributed by atoms with Gasteiger partial charge in [0, 0.05) is 12.8 Å². The van der Waals surface area contributed by atoms with Crippen LogP contribution in [0.2, 0.25) is 0 Å². The first-order valence-corrected chi connectivity index (χ1v) is 30.5. The average molecular weight is 983 g/mol. The number of carbonyl (C=O) groups is 2. The summed E-state index contributed by atoms with van der Waals surface area (Å²) in [6, 6.07) is 0. The number of quaternary nitrogens is 1. The zero-order chi connectivity index (χ0) is 49.9. The first kappa shape index (κ1) is 66.5. The van der Waals surface area contributed by atoms with Gasteiger partial charge in [-0.1, -0.05) is 250 Å². The number of unbranched alkanes of at least 4 members (excludes halogenated alkanes) is 36. The third-order valence-corrected chi connectivity index (χ3v) is 13.9. The summed E-state index contributed by atoms with van der Waals surface area (Å²) in [6.07, 6.45) is 59.3. The molecule has 0 amide bonds. The maximum atomic E-state index is 12.8. The number of rotatable bonds is 54. The van der Waals surface area contributed by atoms with Crippen molar-refractivity contribution in [3.8, 4) is 0 Å². The highest BCUT2D eigenvalue weighted by atomic mass is 31.2. The normalized spacial score (nSPS) is 13.4. The Kier molecular flexibility index (Phi) is 49.3. The summed E-state index contributed by atoms with van der Waals surface area (Å²) >= 11 is 0. The van der Waals surface area contributed by atoms with Gasteiger partial charge in [0.25, 0.3) is 7.82 Å². The Morgan fingerprint density at radius 2 is 0.794 bits per heavy atom. The lowest BCUT2D eigenvalue weighted by atomic mass is 10.0. The smallest absolute Gasteiger partial charge is 0.306 e. The minimum atomic E-state index is -4.63. The van der Waals surface area contributed by atoms with Crippen LogP contribution in [0.5, 0.6) is 0 Å². The fourth-order valence-corrected chi connectivity index (χ4v) is 9.18. The molecule has 0 aromatic rings. The standard InChI is InChI=1S/C58H112NO8P/c1-6-8-10-12-14-16-18-20-22-24-26-28-29-31-32-34-36-38-40-42-44-46-48-50-57(60)64-54-56(55-66-68(62,63)65-53-52-59(3,4)5)67-58(61)51-49-47-45-43-41-39-37-35-33-30-27-25-23-21-19-17-15-13-11-9-7-2/h19,21,25,27,56H,6-18,20,22-24,26,28-55H2,1-5H3/b21-19-,27-25-. The molecule has 0 aliphatic heterocycles. The van der Waals surface area contributed by atoms with Gasteiger partial charge in [-0.3, -0.25) is 14.2 Å². The van der Waals surface area contributed by atoms with Crippen LogP contribution >= 0.6 is 7.82 Å². The third kappa shape index (κ3) is 53.8. The quantitative estimate of drug-likeness (QED) is 0.0195. The SMILES string of the molecule is CCCCCCC/C=C\C/C=C\CCCCCCCCCCCC(=O)OC(COC(=O)CCCCCCCCCCCCCCCCCCCCCCCCC)COP(=O)([O-])OCC[N+](C)(C)C. The molecule has 9 nitrogen and oxygen atoms in total. The van der Waals surface area contributed by atoms with Gasteiger partial charge in [0.1, 0.15) is 19.8 Å². The van der Waals surface area contributed by atoms with E-state index in [1.165, 1.54) is 199 Å². The van der Waals surface area contributed by atoms with Crippen molar-refractivity contribution in [3.63, 3.8) is 0 Å². The van der Waals surface area contributed by atoms with E-state index < -0.39 is 26.5 Å². The minimum Gasteiger partial charge on any atom is -0.756 e. The van der Waals surface area contributed by atoms with Gasteiger partial charge in [0.15, 0.2) is 6.10 Å². The average Bonchev–Trinajstić information content (AvgIpc) is 3.30. The molecule has 10 heteroatoms. The van der Waals surface area contributed by atoms with Crippen molar-refractivity contribution in [2.45, 2.75) is 290 Å². The van der Waals surface area contributed by atoms with Crippen molar-refractivity contribution in [3.05, 3.63) is 24.3 Å². The molecular formula is C58H112NO8P. The van der Waals surface area contributed by atoms with E-state index in [-0.39, 0.29) is 32.0 Å². The molecule has 0 saturated heterocycles. The maximum absolute atomic E-state index is 12.8. The Morgan fingerprint density at radius 1 is 0.456 bits per heavy atom. The molecule has 0 saturated carbocycles. The van der Waals surface area contributed by atoms with Crippen molar-refractivity contribution < 1.29 is 42.1 Å². The molecule has 0 rings (SSSR count). The number of carbonyl (C=O) groups excluding carboxylic acids is 2. The van der Waals surface area contributed by atoms with Gasteiger partial charge in [0.05, 0.1) is 27.7 Å². The highest BCUT2D eigenvalue weighted by Crippen LogP contribution is 2.38. The molecule has 0 aromatic carbocycles. The minimum absolute atomic E-state index is 0.0292. The summed E-state index contributed by atoms with van der Waals surface area (Å²) in [5.41, 5.74) is 0. The highest BCUT2D eigenvalue weighted by molar-refractivity contribution is 7.45. The van der Waals surface area contributed by atoms with E-state index in [1.807, 2.05) is 21.1 Å². The van der Waals surface area contributed by atoms with Gasteiger partial charge in [-0.2, -0.15) is 0 Å². The zero-order valence-electron chi connectivity index (χ0n) is 45.6. The largest absolute Gasteiger partial charge is 0.756 e. The molecular weight excluding hydrogens is 870 g/mol. The first-order chi connectivity index (χ1) is 33.0. The Morgan fingerprint density at radius 3 is 1.16 bits per heavy atom. The van der Waals surface area contributed by atoms with Crippen LogP contribution in [0.15, 0.2) is 24.3 Å². The lowest BCUT2D eigenvalue weighted by molar-refractivity contribution is -0.870. The predicted octanol–water partition coefficient (Wildman–Crippen LogP) is 17.2. The second-order valence-electron chi connectivity index (χ2n) is 21.0. The Bertz CT molecular complexity index is 1200. The fraction of sp³-hybridized carbons (Fsp3) is 0.897. The van der Waals surface area contributed by atoms with E-state index in [0.717, 1.165) is 51.4 Å². The number of ether oxygens (including phenoxy) is 2. The van der Waals surface area contributed by atoms with Crippen molar-refractivity contribution >= 4 is 19.8 Å². The molecule has 0 aliphatic carbocycles. The number of hydrogen-bond acceptors (Lipinski definition) is 8. The summed E-state index contributed by atoms with van der Waals surface area (Å²) in [5, 5.41) is 0. The molecule has 0 radical (unpaired) electrons. The Hall–Kier alpha value is -1.51. The van der Waals surface area contributed by atoms with Gasteiger partial charge in [-0.05, 0) is 44.9 Å². The number of likely N-dealkylation sites (N-methyl/N-ethyl adjacent to an activating group) is 1. The van der Waals surface area contributed by atoms with E-state index in [2.05, 4.69) is 38.2 Å². The molecule has 2 unspecified atom stereocenters. The lowest BCUT2D eigenvalue weighted by Gasteiger charge is -2.28. The van der Waals surface area contributed by atoms with Crippen molar-refractivity contribution in [2.75, 3.05) is 47.5 Å². The molecule has 0 heterocycles. The molecule has 0 fully saturated rings. The van der Waals surface area contributed by atoms with E-state index in [0.29, 0.717) is 17.4 Å². The highest BCUT2D eigenvalue weighted by Gasteiger charge is 2.22. The van der Waals surface area contributed by atoms with Crippen molar-refractivity contribution in [1.82, 2.24) is 0 Å². The van der Waals surface area contributed by atoms with Crippen LogP contribution in [-0.2, 0) is 32.7 Å². The van der Waals surface area contributed by atoms with Gasteiger partial charge in [-0.25, -0.2) is 0 Å². The molecule has 402 valence electrons. The lowest BCUT2D eigenvalue weighted by Crippen LogP contribution is -2.37. The summed E-state index contributed by atoms with van der Waals surface area (Å²) in [5.74, 6) is -0.822. The second kappa shape index (κ2) is 50.4. The van der Waals surface area contributed by atoms with Crippen molar-refractivity contribution in [2.24, 2.45) is 0 Å². The second-order valence-corrected chi connectivity index (χ2v) is 22.4. The van der Waals surface area contributed by atoms with E-state index in [1.54, 1.807) is 0 Å². The molecule has 0 N–H and O–H groups in total. The number of hydrogen-bond donors (Lipinski definition) is 0. The number of allylic oxidation sites excluding steroid dienone is 4. The van der Waals surface area contributed by atoms with Gasteiger partial charge in [0.2, 0.25) is 0 Å². The summed E-state index contributed by atoms with van der Waals surface area (Å²) in [7, 11) is 1.18. The molecule has 2 atom stereocenters. The number of phosphoric ester groups is 1. The Labute approximate surface area is 421 Å². The van der Waals surface area contributed by atoms with E-state index in [9.17, 15) is 19.0 Å². The molecule has 0 aliphatic rings. The molecule has 0 aromatic heterocycles. The monoisotopic (exact) mass is 982 g/mol. The number of phosphoric acid groups is 1. The van der Waals surface area contributed by atoms with Gasteiger partial charge >= 0.3 is 11.9 Å². The summed E-state index contributed by atoms with van der Waals surface area (Å²) in [4.78, 5) is 37.9. The van der Waals surface area contributed by atoms with Crippen LogP contribution in [0.1, 0.15) is 284 Å². The first-order valence-electron chi connectivity index (χ1n) is 29.0. The topological polar surface area (TPSA) is 111 Å². The molecule has 0 spiro atoms. The predicted molar refractivity (Wildman–Crippen MR) is 287 cm³/mol. The number of esters is 2. The van der Waals surface area contributed by atoms with Crippen LogP contribution in [0, 0.1) is 0 Å². The number of nitrogens with zero attached hydrogens (tertiary/aromatic N) is 1. The third-order valence-electron chi connectivity index (χ3n) is 13.0. The van der Waals surface area contributed by atoms with Crippen molar-refractivity contribution in [1.29, 1.82) is 0 Å². The zero-order valence-corrected chi connectivity index (χ0v) is 46.5. The fourth-order valence-electron chi connectivity index (χ4n) is 8.45. The summed E-state index contributed by atoms with van der Waals surface area (Å²) in [6.45, 7) is 4.27. The molecule has 68 heavy (non-hydrogen) atoms. The van der Waals surface area contributed by atoms with E-state index in [4.69, 9.17) is 18.5 Å². The van der Waals surface area contributed by atoms with E-state index >= 15 is 0 Å². The van der Waals surface area contributed by atoms with Gasteiger partial charge < -0.3 is 27.9 Å². The van der Waals surface area contributed by atoms with Crippen LogP contribution < -0.4 is 4.89 Å². The summed E-state index contributed by atoms with van der Waals surface area (Å²) < 4.78 is 34.2. The molecule has 0 bridgehead atoms. The van der Waals surface area contributed by atoms with Crippen LogP contribution in [-0.4, -0.2) is 70.0 Å². The van der Waals surface area contributed by atoms with Crippen LogP contribution in [0.4, 0.5) is 0 Å². The van der Waals surface area contributed by atoms with Crippen LogP contribution in [0.25, 0.3) is 0 Å².